The van der Waals surface area contributed by atoms with E-state index in [0.29, 0.717) is 34.2 Å². The zero-order valence-corrected chi connectivity index (χ0v) is 20.1. The minimum atomic E-state index is -0.209. The Hall–Kier alpha value is -4.18. The largest absolute Gasteiger partial charge is 0.493 e. The molecule has 0 spiro atoms. The number of aromatic nitrogens is 2. The van der Waals surface area contributed by atoms with Crippen LogP contribution in [-0.4, -0.2) is 43.2 Å². The lowest BCUT2D eigenvalue weighted by Crippen LogP contribution is -2.13. The highest BCUT2D eigenvalue weighted by molar-refractivity contribution is 7.99. The minimum absolute atomic E-state index is 0.0964. The third kappa shape index (κ3) is 6.04. The minimum Gasteiger partial charge on any atom is -0.493 e. The maximum absolute atomic E-state index is 12.4. The standard InChI is InChI=1S/C25H23N3O6S/c1-30-20-13-16(14-21(31-2)23(20)32-3)24-27-28-25(34-24)35-15-22(29)26-17-9-11-19(12-10-17)33-18-7-5-4-6-8-18/h4-14H,15H2,1-3H3,(H,26,29). The van der Waals surface area contributed by atoms with Gasteiger partial charge in [0.1, 0.15) is 11.5 Å². The summed E-state index contributed by atoms with van der Waals surface area (Å²) in [5, 5.41) is 11.2. The van der Waals surface area contributed by atoms with Crippen molar-refractivity contribution < 1.29 is 28.2 Å². The second kappa shape index (κ2) is 11.3. The molecule has 4 aromatic rings. The molecular formula is C25H23N3O6S. The second-order valence-electron chi connectivity index (χ2n) is 7.06. The van der Waals surface area contributed by atoms with Gasteiger partial charge in [-0.3, -0.25) is 4.79 Å². The molecule has 1 heterocycles. The van der Waals surface area contributed by atoms with Gasteiger partial charge >= 0.3 is 0 Å². The predicted molar refractivity (Wildman–Crippen MR) is 132 cm³/mol. The molecule has 1 N–H and O–H groups in total. The van der Waals surface area contributed by atoms with Crippen molar-refractivity contribution in [1.82, 2.24) is 10.2 Å². The van der Waals surface area contributed by atoms with E-state index in [1.807, 2.05) is 30.3 Å². The molecule has 0 aliphatic carbocycles. The van der Waals surface area contributed by atoms with Gasteiger partial charge < -0.3 is 28.7 Å². The van der Waals surface area contributed by atoms with Crippen molar-refractivity contribution in [3.05, 3.63) is 66.7 Å². The summed E-state index contributed by atoms with van der Waals surface area (Å²) in [6.45, 7) is 0. The molecular weight excluding hydrogens is 470 g/mol. The van der Waals surface area contributed by atoms with Crippen LogP contribution < -0.4 is 24.3 Å². The first-order valence-electron chi connectivity index (χ1n) is 10.5. The van der Waals surface area contributed by atoms with Gasteiger partial charge in [0, 0.05) is 11.3 Å². The van der Waals surface area contributed by atoms with Gasteiger partial charge in [0.15, 0.2) is 11.5 Å². The number of thioether (sulfide) groups is 1. The van der Waals surface area contributed by atoms with Crippen LogP contribution in [0.1, 0.15) is 0 Å². The number of carbonyl (C=O) groups is 1. The fraction of sp³-hybridized carbons (Fsp3) is 0.160. The van der Waals surface area contributed by atoms with E-state index in [9.17, 15) is 4.79 Å². The fourth-order valence-electron chi connectivity index (χ4n) is 3.14. The number of amides is 1. The Kier molecular flexibility index (Phi) is 7.74. The Balaban J connectivity index is 1.34. The van der Waals surface area contributed by atoms with Crippen LogP contribution in [0.5, 0.6) is 28.7 Å². The summed E-state index contributed by atoms with van der Waals surface area (Å²) < 4.78 is 27.5. The summed E-state index contributed by atoms with van der Waals surface area (Å²) in [6.07, 6.45) is 0. The Morgan fingerprint density at radius 2 is 1.54 bits per heavy atom. The topological polar surface area (TPSA) is 105 Å². The van der Waals surface area contributed by atoms with E-state index in [1.165, 1.54) is 21.3 Å². The number of anilines is 1. The van der Waals surface area contributed by atoms with Crippen molar-refractivity contribution >= 4 is 23.4 Å². The smallest absolute Gasteiger partial charge is 0.277 e. The van der Waals surface area contributed by atoms with Crippen LogP contribution >= 0.6 is 11.8 Å². The first kappa shape index (κ1) is 24.0. The first-order chi connectivity index (χ1) is 17.1. The molecule has 1 amide bonds. The Labute approximate surface area is 206 Å². The molecule has 9 nitrogen and oxygen atoms in total. The maximum Gasteiger partial charge on any atom is 0.277 e. The second-order valence-corrected chi connectivity index (χ2v) is 7.99. The zero-order valence-electron chi connectivity index (χ0n) is 19.3. The Morgan fingerprint density at radius 1 is 0.886 bits per heavy atom. The van der Waals surface area contributed by atoms with E-state index in [1.54, 1.807) is 36.4 Å². The molecule has 0 aliphatic rings. The third-order valence-corrected chi connectivity index (χ3v) is 5.58. The zero-order chi connectivity index (χ0) is 24.6. The van der Waals surface area contributed by atoms with Gasteiger partial charge in [0.25, 0.3) is 5.22 Å². The van der Waals surface area contributed by atoms with Crippen molar-refractivity contribution in [3.63, 3.8) is 0 Å². The van der Waals surface area contributed by atoms with Crippen molar-refractivity contribution in [2.24, 2.45) is 0 Å². The van der Waals surface area contributed by atoms with Crippen molar-refractivity contribution in [2.75, 3.05) is 32.4 Å². The molecule has 3 aromatic carbocycles. The first-order valence-corrected chi connectivity index (χ1v) is 11.5. The molecule has 0 radical (unpaired) electrons. The van der Waals surface area contributed by atoms with Crippen LogP contribution in [-0.2, 0) is 4.79 Å². The fourth-order valence-corrected chi connectivity index (χ4v) is 3.71. The molecule has 0 unspecified atom stereocenters. The van der Waals surface area contributed by atoms with Gasteiger partial charge in [0.05, 0.1) is 27.1 Å². The number of para-hydroxylation sites is 1. The third-order valence-electron chi connectivity index (χ3n) is 4.76. The van der Waals surface area contributed by atoms with Crippen molar-refractivity contribution in [1.29, 1.82) is 0 Å². The summed E-state index contributed by atoms with van der Waals surface area (Å²) in [6, 6.07) is 20.0. The van der Waals surface area contributed by atoms with Crippen LogP contribution in [0.3, 0.4) is 0 Å². The van der Waals surface area contributed by atoms with E-state index < -0.39 is 0 Å². The summed E-state index contributed by atoms with van der Waals surface area (Å²) in [5.41, 5.74) is 1.25. The van der Waals surface area contributed by atoms with Gasteiger partial charge in [-0.05, 0) is 48.5 Å². The summed E-state index contributed by atoms with van der Waals surface area (Å²) in [7, 11) is 4.58. The van der Waals surface area contributed by atoms with Gasteiger partial charge in [-0.2, -0.15) is 0 Å². The molecule has 180 valence electrons. The molecule has 0 fully saturated rings. The normalized spacial score (nSPS) is 10.5. The highest BCUT2D eigenvalue weighted by Crippen LogP contribution is 2.41. The van der Waals surface area contributed by atoms with E-state index in [2.05, 4.69) is 15.5 Å². The number of benzene rings is 3. The average Bonchev–Trinajstić information content (AvgIpc) is 3.37. The Morgan fingerprint density at radius 3 is 2.17 bits per heavy atom. The number of carbonyl (C=O) groups excluding carboxylic acids is 1. The number of rotatable bonds is 10. The lowest BCUT2D eigenvalue weighted by molar-refractivity contribution is -0.113. The monoisotopic (exact) mass is 493 g/mol. The lowest BCUT2D eigenvalue weighted by atomic mass is 10.2. The number of hydrogen-bond acceptors (Lipinski definition) is 9. The van der Waals surface area contributed by atoms with Crippen LogP contribution in [0.2, 0.25) is 0 Å². The molecule has 0 saturated heterocycles. The van der Waals surface area contributed by atoms with E-state index >= 15 is 0 Å². The number of methoxy groups -OCH3 is 3. The van der Waals surface area contributed by atoms with Crippen LogP contribution in [0.4, 0.5) is 5.69 Å². The van der Waals surface area contributed by atoms with Gasteiger partial charge in [-0.25, -0.2) is 0 Å². The number of nitrogens with one attached hydrogen (secondary N) is 1. The predicted octanol–water partition coefficient (Wildman–Crippen LogP) is 5.29. The number of hydrogen-bond donors (Lipinski definition) is 1. The quantitative estimate of drug-likeness (QED) is 0.295. The van der Waals surface area contributed by atoms with Crippen molar-refractivity contribution in [2.45, 2.75) is 5.22 Å². The van der Waals surface area contributed by atoms with Crippen LogP contribution in [0.15, 0.2) is 76.4 Å². The maximum atomic E-state index is 12.4. The number of ether oxygens (including phenoxy) is 4. The van der Waals surface area contributed by atoms with Gasteiger partial charge in [0.2, 0.25) is 17.5 Å². The van der Waals surface area contributed by atoms with E-state index in [-0.39, 0.29) is 22.8 Å². The summed E-state index contributed by atoms with van der Waals surface area (Å²) in [5.74, 6) is 2.96. The SMILES string of the molecule is COc1cc(-c2nnc(SCC(=O)Nc3ccc(Oc4ccccc4)cc3)o2)cc(OC)c1OC. The van der Waals surface area contributed by atoms with E-state index in [4.69, 9.17) is 23.4 Å². The molecule has 0 bridgehead atoms. The lowest BCUT2D eigenvalue weighted by Gasteiger charge is -2.12. The molecule has 4 rings (SSSR count). The molecule has 0 saturated carbocycles. The van der Waals surface area contributed by atoms with Crippen LogP contribution in [0, 0.1) is 0 Å². The summed E-state index contributed by atoms with van der Waals surface area (Å²) >= 11 is 1.13. The van der Waals surface area contributed by atoms with Gasteiger partial charge in [-0.1, -0.05) is 30.0 Å². The van der Waals surface area contributed by atoms with Gasteiger partial charge in [-0.15, -0.1) is 10.2 Å². The average molecular weight is 494 g/mol. The molecule has 0 atom stereocenters. The molecule has 0 aliphatic heterocycles. The molecule has 1 aromatic heterocycles. The molecule has 10 heteroatoms. The van der Waals surface area contributed by atoms with E-state index in [0.717, 1.165) is 17.5 Å². The highest BCUT2D eigenvalue weighted by atomic mass is 32.2. The number of nitrogens with zero attached hydrogens (tertiary/aromatic N) is 2. The summed E-state index contributed by atoms with van der Waals surface area (Å²) in [4.78, 5) is 12.4. The molecule has 35 heavy (non-hydrogen) atoms. The Bertz CT molecular complexity index is 1250. The highest BCUT2D eigenvalue weighted by Gasteiger charge is 2.18. The van der Waals surface area contributed by atoms with Crippen LogP contribution in [0.25, 0.3) is 11.5 Å². The van der Waals surface area contributed by atoms with Crippen molar-refractivity contribution in [3.8, 4) is 40.2 Å².